The number of rotatable bonds is 4. The minimum absolute atomic E-state index is 0.321. The zero-order valence-corrected chi connectivity index (χ0v) is 12.7. The lowest BCUT2D eigenvalue weighted by molar-refractivity contribution is 0.312. The van der Waals surface area contributed by atoms with Gasteiger partial charge in [-0.2, -0.15) is 9.97 Å². The summed E-state index contributed by atoms with van der Waals surface area (Å²) in [5.74, 6) is 0.856. The molecule has 8 heteroatoms. The van der Waals surface area contributed by atoms with Gasteiger partial charge in [0.05, 0.1) is 12.3 Å². The predicted octanol–water partition coefficient (Wildman–Crippen LogP) is 2.76. The number of fused-ring (bicyclic) bond motifs is 1. The highest BCUT2D eigenvalue weighted by Crippen LogP contribution is 2.27. The number of nitrogens with one attached hydrogen (secondary N) is 1. The van der Waals surface area contributed by atoms with E-state index in [-0.39, 0.29) is 0 Å². The van der Waals surface area contributed by atoms with E-state index in [1.807, 2.05) is 31.2 Å². The Hall–Kier alpha value is -1.97. The van der Waals surface area contributed by atoms with Crippen molar-refractivity contribution in [3.05, 3.63) is 27.8 Å². The molecule has 1 N–H and O–H groups in total. The lowest BCUT2D eigenvalue weighted by atomic mass is 10.3. The Labute approximate surface area is 127 Å². The Balaban J connectivity index is 2.04. The summed E-state index contributed by atoms with van der Waals surface area (Å²) in [6.07, 6.45) is 0. The van der Waals surface area contributed by atoms with Gasteiger partial charge in [0.1, 0.15) is 0 Å². The molecule has 0 aliphatic heterocycles. The maximum absolute atomic E-state index is 5.48. The second-order valence-corrected chi connectivity index (χ2v) is 4.99. The van der Waals surface area contributed by atoms with Gasteiger partial charge < -0.3 is 10.1 Å². The van der Waals surface area contributed by atoms with Gasteiger partial charge >= 0.3 is 0 Å². The monoisotopic (exact) mass is 383 g/mol. The third-order valence-corrected chi connectivity index (χ3v) is 3.43. The molecule has 1 aromatic carbocycles. The number of hydrogen-bond acceptors (Lipinski definition) is 7. The first kappa shape index (κ1) is 13.0. The Bertz CT molecular complexity index is 746. The fraction of sp³-hybridized carbons (Fsp3) is 0.167. The molecule has 0 saturated heterocycles. The molecule has 0 bridgehead atoms. The highest BCUT2D eigenvalue weighted by Gasteiger charge is 2.14. The number of benzene rings is 1. The van der Waals surface area contributed by atoms with Gasteiger partial charge in [-0.1, -0.05) is 12.1 Å². The fourth-order valence-corrected chi connectivity index (χ4v) is 2.15. The average molecular weight is 383 g/mol. The van der Waals surface area contributed by atoms with Crippen LogP contribution in [0.3, 0.4) is 0 Å². The van der Waals surface area contributed by atoms with Crippen LogP contribution in [0.5, 0.6) is 5.88 Å². The van der Waals surface area contributed by atoms with Crippen LogP contribution in [0.25, 0.3) is 11.3 Å². The molecule has 0 saturated carbocycles. The number of aromatic nitrogens is 4. The molecular weight excluding hydrogens is 373 g/mol. The number of para-hydroxylation sites is 1. The van der Waals surface area contributed by atoms with Crippen LogP contribution in [0.4, 0.5) is 11.5 Å². The van der Waals surface area contributed by atoms with Crippen molar-refractivity contribution in [3.8, 4) is 5.88 Å². The number of ether oxygens (including phenoxy) is 1. The van der Waals surface area contributed by atoms with Crippen LogP contribution in [-0.2, 0) is 0 Å². The molecule has 3 rings (SSSR count). The predicted molar refractivity (Wildman–Crippen MR) is 81.0 cm³/mol. The summed E-state index contributed by atoms with van der Waals surface area (Å²) in [4.78, 5) is 8.55. The Morgan fingerprint density at radius 1 is 1.20 bits per heavy atom. The molecule has 0 aliphatic rings. The molecule has 0 fully saturated rings. The van der Waals surface area contributed by atoms with E-state index in [1.54, 1.807) is 0 Å². The van der Waals surface area contributed by atoms with E-state index in [4.69, 9.17) is 4.74 Å². The Morgan fingerprint density at radius 2 is 1.95 bits per heavy atom. The number of hydrogen-bond donors (Lipinski definition) is 1. The summed E-state index contributed by atoms with van der Waals surface area (Å²) in [5.41, 5.74) is 1.57. The molecule has 0 atom stereocenters. The largest absolute Gasteiger partial charge is 0.475 e. The van der Waals surface area contributed by atoms with Crippen molar-refractivity contribution < 1.29 is 9.37 Å². The maximum atomic E-state index is 5.48. The van der Waals surface area contributed by atoms with Crippen molar-refractivity contribution in [1.82, 2.24) is 20.3 Å². The van der Waals surface area contributed by atoms with E-state index in [1.165, 1.54) is 0 Å². The second-order valence-electron chi connectivity index (χ2n) is 3.83. The van der Waals surface area contributed by atoms with E-state index >= 15 is 0 Å². The van der Waals surface area contributed by atoms with Crippen LogP contribution in [0.15, 0.2) is 28.9 Å². The van der Waals surface area contributed by atoms with E-state index in [0.717, 1.165) is 9.26 Å². The molecule has 2 aromatic heterocycles. The quantitative estimate of drug-likeness (QED) is 0.694. The van der Waals surface area contributed by atoms with Crippen molar-refractivity contribution in [2.45, 2.75) is 6.92 Å². The average Bonchev–Trinajstić information content (AvgIpc) is 2.89. The SMILES string of the molecule is CCOc1nc2nonc2nc1Nc1ccccc1I. The molecule has 0 spiro atoms. The molecule has 0 unspecified atom stereocenters. The van der Waals surface area contributed by atoms with E-state index in [0.29, 0.717) is 29.6 Å². The summed E-state index contributed by atoms with van der Waals surface area (Å²) in [5, 5.41) is 10.5. The van der Waals surface area contributed by atoms with Crippen LogP contribution in [0.2, 0.25) is 0 Å². The van der Waals surface area contributed by atoms with Gasteiger partial charge in [-0.05, 0) is 52.0 Å². The van der Waals surface area contributed by atoms with Gasteiger partial charge in [0.15, 0.2) is 5.82 Å². The van der Waals surface area contributed by atoms with Gasteiger partial charge in [0, 0.05) is 3.57 Å². The van der Waals surface area contributed by atoms with Crippen molar-refractivity contribution >= 4 is 45.4 Å². The summed E-state index contributed by atoms with van der Waals surface area (Å²) in [7, 11) is 0. The molecule has 102 valence electrons. The van der Waals surface area contributed by atoms with E-state index in [9.17, 15) is 0 Å². The molecule has 0 amide bonds. The Morgan fingerprint density at radius 3 is 2.70 bits per heavy atom. The zero-order chi connectivity index (χ0) is 13.9. The minimum atomic E-state index is 0.321. The van der Waals surface area contributed by atoms with Gasteiger partial charge in [-0.3, -0.25) is 0 Å². The number of nitrogens with zero attached hydrogens (tertiary/aromatic N) is 4. The molecule has 7 nitrogen and oxygen atoms in total. The minimum Gasteiger partial charge on any atom is -0.475 e. The van der Waals surface area contributed by atoms with Gasteiger partial charge in [0.25, 0.3) is 5.88 Å². The van der Waals surface area contributed by atoms with Crippen molar-refractivity contribution in [3.63, 3.8) is 0 Å². The lowest BCUT2D eigenvalue weighted by Crippen LogP contribution is -2.03. The standard InChI is InChI=1S/C12H10IN5O2/c1-2-19-12-11(14-8-6-4-3-5-7(8)13)15-9-10(16-12)18-20-17-9/h3-6H,2H2,1H3,(H,14,15,17). The van der Waals surface area contributed by atoms with E-state index < -0.39 is 0 Å². The lowest BCUT2D eigenvalue weighted by Gasteiger charge is -2.10. The maximum Gasteiger partial charge on any atom is 0.260 e. The van der Waals surface area contributed by atoms with Crippen molar-refractivity contribution in [2.24, 2.45) is 0 Å². The summed E-state index contributed by atoms with van der Waals surface area (Å²) < 4.78 is 11.2. The molecule has 3 aromatic rings. The molecular formula is C12H10IN5O2. The topological polar surface area (TPSA) is 86.0 Å². The third-order valence-electron chi connectivity index (χ3n) is 2.49. The highest BCUT2D eigenvalue weighted by molar-refractivity contribution is 14.1. The zero-order valence-electron chi connectivity index (χ0n) is 10.5. The fourth-order valence-electron chi connectivity index (χ4n) is 1.63. The molecule has 0 radical (unpaired) electrons. The first-order chi connectivity index (χ1) is 9.78. The first-order valence-electron chi connectivity index (χ1n) is 5.92. The number of halogens is 1. The van der Waals surface area contributed by atoms with Crippen LogP contribution in [0, 0.1) is 3.57 Å². The first-order valence-corrected chi connectivity index (χ1v) is 7.00. The van der Waals surface area contributed by atoms with Gasteiger partial charge in [-0.15, -0.1) is 0 Å². The summed E-state index contributed by atoms with van der Waals surface area (Å²) >= 11 is 2.24. The number of anilines is 2. The van der Waals surface area contributed by atoms with Crippen LogP contribution in [-0.4, -0.2) is 26.9 Å². The highest BCUT2D eigenvalue weighted by atomic mass is 127. The Kier molecular flexibility index (Phi) is 3.63. The second kappa shape index (κ2) is 5.57. The molecule has 2 heterocycles. The van der Waals surface area contributed by atoms with Crippen LogP contribution < -0.4 is 10.1 Å². The van der Waals surface area contributed by atoms with Gasteiger partial charge in [-0.25, -0.2) is 4.63 Å². The van der Waals surface area contributed by atoms with Crippen LogP contribution >= 0.6 is 22.6 Å². The van der Waals surface area contributed by atoms with E-state index in [2.05, 4.69) is 52.8 Å². The smallest absolute Gasteiger partial charge is 0.260 e. The summed E-state index contributed by atoms with van der Waals surface area (Å²) in [6, 6.07) is 7.85. The van der Waals surface area contributed by atoms with Gasteiger partial charge in [0.2, 0.25) is 11.3 Å². The molecule has 0 aliphatic carbocycles. The van der Waals surface area contributed by atoms with Crippen molar-refractivity contribution in [2.75, 3.05) is 11.9 Å². The molecule has 20 heavy (non-hydrogen) atoms. The third kappa shape index (κ3) is 2.50. The summed E-state index contributed by atoms with van der Waals surface area (Å²) in [6.45, 7) is 2.36. The van der Waals surface area contributed by atoms with Crippen LogP contribution in [0.1, 0.15) is 6.92 Å². The van der Waals surface area contributed by atoms with Crippen molar-refractivity contribution in [1.29, 1.82) is 0 Å². The normalized spacial score (nSPS) is 10.7.